The number of carbonyl (C=O) groups is 2. The third-order valence-corrected chi connectivity index (χ3v) is 4.58. The number of anilines is 1. The van der Waals surface area contributed by atoms with Crippen LogP contribution in [0.5, 0.6) is 0 Å². The Kier molecular flexibility index (Phi) is 6.92. The predicted octanol–water partition coefficient (Wildman–Crippen LogP) is 5.02. The van der Waals surface area contributed by atoms with Gasteiger partial charge in [-0.25, -0.2) is 13.9 Å². The zero-order valence-electron chi connectivity index (χ0n) is 18.6. The Labute approximate surface area is 186 Å². The summed E-state index contributed by atoms with van der Waals surface area (Å²) in [6.07, 6.45) is 1.10. The molecule has 0 unspecified atom stereocenters. The van der Waals surface area contributed by atoms with E-state index < -0.39 is 23.4 Å². The van der Waals surface area contributed by atoms with E-state index in [4.69, 9.17) is 4.74 Å². The van der Waals surface area contributed by atoms with Crippen molar-refractivity contribution in [3.05, 3.63) is 77.9 Å². The first-order valence-electron chi connectivity index (χ1n) is 10.4. The number of carbonyl (C=O) groups excluding carboxylic acids is 2. The highest BCUT2D eigenvalue weighted by Crippen LogP contribution is 2.20. The molecule has 0 aliphatic heterocycles. The molecule has 0 atom stereocenters. The Balaban J connectivity index is 1.76. The quantitative estimate of drug-likeness (QED) is 0.586. The number of hydrogen-bond acceptors (Lipinski definition) is 4. The normalized spacial score (nSPS) is 11.2. The number of benzene rings is 2. The Morgan fingerprint density at radius 1 is 1.09 bits per heavy atom. The van der Waals surface area contributed by atoms with Gasteiger partial charge in [0.15, 0.2) is 5.69 Å². The van der Waals surface area contributed by atoms with Gasteiger partial charge < -0.3 is 15.0 Å². The maximum atomic E-state index is 14.0. The predicted molar refractivity (Wildman–Crippen MR) is 120 cm³/mol. The van der Waals surface area contributed by atoms with Gasteiger partial charge in [0.25, 0.3) is 5.91 Å². The van der Waals surface area contributed by atoms with Crippen molar-refractivity contribution in [2.45, 2.75) is 39.8 Å². The molecule has 0 bridgehead atoms. The molecule has 1 aromatic heterocycles. The van der Waals surface area contributed by atoms with E-state index in [0.29, 0.717) is 12.2 Å². The van der Waals surface area contributed by atoms with Crippen LogP contribution in [0, 0.1) is 5.82 Å². The molecule has 0 aliphatic rings. The molecule has 8 heteroatoms. The van der Waals surface area contributed by atoms with Gasteiger partial charge in [-0.2, -0.15) is 5.10 Å². The maximum absolute atomic E-state index is 14.0. The second kappa shape index (κ2) is 9.64. The maximum Gasteiger partial charge on any atom is 0.410 e. The van der Waals surface area contributed by atoms with Crippen LogP contribution >= 0.6 is 0 Å². The van der Waals surface area contributed by atoms with Gasteiger partial charge in [0.2, 0.25) is 0 Å². The average molecular weight is 439 g/mol. The minimum atomic E-state index is -0.602. The molecule has 0 spiro atoms. The van der Waals surface area contributed by atoms with Crippen molar-refractivity contribution in [2.75, 3.05) is 11.9 Å². The summed E-state index contributed by atoms with van der Waals surface area (Å²) < 4.78 is 20.8. The second-order valence-electron chi connectivity index (χ2n) is 8.20. The molecule has 0 saturated heterocycles. The van der Waals surface area contributed by atoms with Crippen molar-refractivity contribution < 1.29 is 18.7 Å². The summed E-state index contributed by atoms with van der Waals surface area (Å²) in [6, 6.07) is 14.9. The van der Waals surface area contributed by atoms with Gasteiger partial charge in [0.05, 0.1) is 6.54 Å². The molecule has 168 valence electrons. The van der Waals surface area contributed by atoms with Crippen molar-refractivity contribution in [1.82, 2.24) is 14.7 Å². The highest BCUT2D eigenvalue weighted by Gasteiger charge is 2.22. The number of aromatic nitrogens is 2. The number of para-hydroxylation sites is 2. The van der Waals surface area contributed by atoms with Gasteiger partial charge in [0, 0.05) is 18.4 Å². The third-order valence-electron chi connectivity index (χ3n) is 4.58. The fourth-order valence-corrected chi connectivity index (χ4v) is 3.02. The monoisotopic (exact) mass is 438 g/mol. The van der Waals surface area contributed by atoms with Crippen molar-refractivity contribution >= 4 is 17.7 Å². The van der Waals surface area contributed by atoms with Crippen LogP contribution < -0.4 is 5.32 Å². The Hall–Kier alpha value is -3.68. The first-order valence-corrected chi connectivity index (χ1v) is 10.4. The Morgan fingerprint density at radius 3 is 2.47 bits per heavy atom. The van der Waals surface area contributed by atoms with Crippen molar-refractivity contribution in [3.8, 4) is 5.69 Å². The molecule has 0 aliphatic carbocycles. The summed E-state index contributed by atoms with van der Waals surface area (Å²) in [4.78, 5) is 26.8. The van der Waals surface area contributed by atoms with E-state index in [1.54, 1.807) is 35.2 Å². The Bertz CT molecular complexity index is 1100. The minimum Gasteiger partial charge on any atom is -0.444 e. The van der Waals surface area contributed by atoms with E-state index in [1.807, 2.05) is 39.8 Å². The van der Waals surface area contributed by atoms with E-state index in [1.165, 1.54) is 23.0 Å². The summed E-state index contributed by atoms with van der Waals surface area (Å²) >= 11 is 0. The molecule has 1 heterocycles. The minimum absolute atomic E-state index is 0.141. The first-order chi connectivity index (χ1) is 15.2. The molecule has 0 fully saturated rings. The van der Waals surface area contributed by atoms with Gasteiger partial charge in [-0.05, 0) is 57.5 Å². The van der Waals surface area contributed by atoms with Gasteiger partial charge >= 0.3 is 6.09 Å². The topological polar surface area (TPSA) is 76.5 Å². The summed E-state index contributed by atoms with van der Waals surface area (Å²) in [5.41, 5.74) is 1.10. The van der Waals surface area contributed by atoms with Crippen molar-refractivity contribution in [3.63, 3.8) is 0 Å². The third kappa shape index (κ3) is 5.72. The van der Waals surface area contributed by atoms with Crippen molar-refractivity contribution in [1.29, 1.82) is 0 Å². The average Bonchev–Trinajstić information content (AvgIpc) is 3.22. The molecule has 3 aromatic rings. The number of nitrogens with zero attached hydrogens (tertiary/aromatic N) is 3. The molecule has 2 aromatic carbocycles. The number of rotatable bonds is 6. The molecule has 7 nitrogen and oxygen atoms in total. The van der Waals surface area contributed by atoms with Gasteiger partial charge in [0.1, 0.15) is 17.1 Å². The lowest BCUT2D eigenvalue weighted by Crippen LogP contribution is -2.36. The van der Waals surface area contributed by atoms with Crippen LogP contribution in [0.1, 0.15) is 43.7 Å². The lowest BCUT2D eigenvalue weighted by Gasteiger charge is -2.27. The van der Waals surface area contributed by atoms with Crippen LogP contribution in [0.15, 0.2) is 60.8 Å². The van der Waals surface area contributed by atoms with Crippen molar-refractivity contribution in [2.24, 2.45) is 0 Å². The van der Waals surface area contributed by atoms with Gasteiger partial charge in [-0.3, -0.25) is 4.79 Å². The number of nitrogens with one attached hydrogen (secondary N) is 1. The van der Waals surface area contributed by atoms with Crippen LogP contribution in [0.25, 0.3) is 5.69 Å². The highest BCUT2D eigenvalue weighted by atomic mass is 19.1. The van der Waals surface area contributed by atoms with E-state index in [9.17, 15) is 14.0 Å². The molecular weight excluding hydrogens is 411 g/mol. The smallest absolute Gasteiger partial charge is 0.410 e. The number of ether oxygens (including phenoxy) is 1. The highest BCUT2D eigenvalue weighted by molar-refractivity contribution is 6.03. The lowest BCUT2D eigenvalue weighted by molar-refractivity contribution is 0.0245. The van der Waals surface area contributed by atoms with Crippen LogP contribution in [-0.2, 0) is 11.3 Å². The standard InChI is InChI=1S/C24H27FN4O3/c1-5-28(23(31)32-24(2,3)4)16-17-10-6-8-12-19(17)26-22(30)20-14-15-29(27-20)21-13-9-7-11-18(21)25/h6-15H,5,16H2,1-4H3,(H,26,30). The summed E-state index contributed by atoms with van der Waals surface area (Å²) in [5, 5.41) is 7.03. The summed E-state index contributed by atoms with van der Waals surface area (Å²) in [7, 11) is 0. The second-order valence-corrected chi connectivity index (χ2v) is 8.20. The molecule has 2 amide bonds. The van der Waals surface area contributed by atoms with E-state index in [0.717, 1.165) is 5.56 Å². The fraction of sp³-hybridized carbons (Fsp3) is 0.292. The molecule has 3 rings (SSSR count). The van der Waals surface area contributed by atoms with Crippen LogP contribution in [0.4, 0.5) is 14.9 Å². The van der Waals surface area contributed by atoms with Crippen LogP contribution in [-0.4, -0.2) is 38.8 Å². The van der Waals surface area contributed by atoms with E-state index >= 15 is 0 Å². The molecule has 0 radical (unpaired) electrons. The largest absolute Gasteiger partial charge is 0.444 e. The zero-order valence-corrected chi connectivity index (χ0v) is 18.6. The number of amides is 2. The molecule has 0 saturated carbocycles. The van der Waals surface area contributed by atoms with Crippen LogP contribution in [0.3, 0.4) is 0 Å². The Morgan fingerprint density at radius 2 is 1.78 bits per heavy atom. The zero-order chi connectivity index (χ0) is 23.3. The number of hydrogen-bond donors (Lipinski definition) is 1. The first kappa shape index (κ1) is 23.0. The van der Waals surface area contributed by atoms with Gasteiger partial charge in [-0.1, -0.05) is 30.3 Å². The van der Waals surface area contributed by atoms with Crippen LogP contribution in [0.2, 0.25) is 0 Å². The molecule has 32 heavy (non-hydrogen) atoms. The van der Waals surface area contributed by atoms with E-state index in [-0.39, 0.29) is 17.9 Å². The SMILES string of the molecule is CCN(Cc1ccccc1NC(=O)c1ccn(-c2ccccc2F)n1)C(=O)OC(C)(C)C. The fourth-order valence-electron chi connectivity index (χ4n) is 3.02. The summed E-state index contributed by atoms with van der Waals surface area (Å²) in [5.74, 6) is -0.873. The lowest BCUT2D eigenvalue weighted by atomic mass is 10.1. The molecule has 1 N–H and O–H groups in total. The van der Waals surface area contributed by atoms with Gasteiger partial charge in [-0.15, -0.1) is 0 Å². The summed E-state index contributed by atoms with van der Waals surface area (Å²) in [6.45, 7) is 8.02. The van der Waals surface area contributed by atoms with E-state index in [2.05, 4.69) is 10.4 Å². The molecular formula is C24H27FN4O3. The number of halogens is 1.